The molecule has 0 aliphatic carbocycles. The lowest BCUT2D eigenvalue weighted by Crippen LogP contribution is -2.31. The van der Waals surface area contributed by atoms with Gasteiger partial charge in [0.1, 0.15) is 5.76 Å². The van der Waals surface area contributed by atoms with E-state index in [1.54, 1.807) is 19.1 Å². The van der Waals surface area contributed by atoms with Gasteiger partial charge in [-0.15, -0.1) is 0 Å². The van der Waals surface area contributed by atoms with Crippen molar-refractivity contribution in [2.75, 3.05) is 4.90 Å². The number of fused-ring (bicyclic) bond motifs is 2. The molecule has 0 atom stereocenters. The highest BCUT2D eigenvalue weighted by atomic mass is 16.4. The van der Waals surface area contributed by atoms with Crippen molar-refractivity contribution in [1.82, 2.24) is 4.57 Å². The minimum absolute atomic E-state index is 0.00534. The quantitative estimate of drug-likeness (QED) is 0.515. The molecule has 2 heterocycles. The predicted octanol–water partition coefficient (Wildman–Crippen LogP) is 3.50. The maximum Gasteiger partial charge on any atom is 0.335 e. The molecule has 1 aliphatic rings. The van der Waals surface area contributed by atoms with E-state index >= 15 is 0 Å². The summed E-state index contributed by atoms with van der Waals surface area (Å²) < 4.78 is 1.93. The van der Waals surface area contributed by atoms with E-state index in [1.165, 1.54) is 19.1 Å². The van der Waals surface area contributed by atoms with Crippen molar-refractivity contribution < 1.29 is 24.6 Å². The average molecular weight is 390 g/mol. The Hall–Kier alpha value is -3.87. The zero-order valence-electron chi connectivity index (χ0n) is 16.1. The van der Waals surface area contributed by atoms with Crippen molar-refractivity contribution in [2.24, 2.45) is 7.05 Å². The number of carboxylic acids is 1. The van der Waals surface area contributed by atoms with E-state index in [0.29, 0.717) is 11.1 Å². The van der Waals surface area contributed by atoms with Gasteiger partial charge < -0.3 is 14.8 Å². The fourth-order valence-electron chi connectivity index (χ4n) is 3.86. The molecule has 146 valence electrons. The monoisotopic (exact) mass is 390 g/mol. The first-order chi connectivity index (χ1) is 13.7. The van der Waals surface area contributed by atoms with Crippen LogP contribution in [-0.4, -0.2) is 32.6 Å². The van der Waals surface area contributed by atoms with E-state index in [0.717, 1.165) is 15.8 Å². The minimum Gasteiger partial charge on any atom is -0.506 e. The van der Waals surface area contributed by atoms with Gasteiger partial charge in [0.05, 0.1) is 16.8 Å². The van der Waals surface area contributed by atoms with Crippen molar-refractivity contribution in [3.05, 3.63) is 64.8 Å². The number of aryl methyl sites for hydroxylation is 1. The molecule has 2 amide bonds. The summed E-state index contributed by atoms with van der Waals surface area (Å²) in [6, 6.07) is 9.92. The van der Waals surface area contributed by atoms with Crippen molar-refractivity contribution in [3.63, 3.8) is 0 Å². The molecule has 4 rings (SSSR count). The van der Waals surface area contributed by atoms with Crippen LogP contribution in [-0.2, 0) is 16.6 Å². The van der Waals surface area contributed by atoms with Crippen LogP contribution in [0.4, 0.5) is 5.69 Å². The third kappa shape index (κ3) is 2.62. The summed E-state index contributed by atoms with van der Waals surface area (Å²) in [4.78, 5) is 37.7. The van der Waals surface area contributed by atoms with Crippen molar-refractivity contribution in [3.8, 4) is 0 Å². The third-order valence-electron chi connectivity index (χ3n) is 5.29. The van der Waals surface area contributed by atoms with E-state index in [1.807, 2.05) is 29.9 Å². The molecule has 0 radical (unpaired) electrons. The zero-order valence-corrected chi connectivity index (χ0v) is 16.1. The van der Waals surface area contributed by atoms with Gasteiger partial charge in [-0.3, -0.25) is 9.59 Å². The first-order valence-electron chi connectivity index (χ1n) is 8.93. The van der Waals surface area contributed by atoms with Crippen LogP contribution in [0.15, 0.2) is 42.6 Å². The van der Waals surface area contributed by atoms with Crippen LogP contribution >= 0.6 is 0 Å². The molecule has 0 spiro atoms. The van der Waals surface area contributed by atoms with E-state index in [4.69, 9.17) is 0 Å². The Labute approximate surface area is 166 Å². The third-order valence-corrected chi connectivity index (χ3v) is 5.29. The van der Waals surface area contributed by atoms with Gasteiger partial charge in [-0.25, -0.2) is 9.69 Å². The molecule has 0 saturated heterocycles. The first kappa shape index (κ1) is 18.5. The number of nitrogens with zero attached hydrogens (tertiary/aromatic N) is 2. The molecule has 7 nitrogen and oxygen atoms in total. The molecule has 2 N–H and O–H groups in total. The molecule has 29 heavy (non-hydrogen) atoms. The van der Waals surface area contributed by atoms with Gasteiger partial charge in [-0.1, -0.05) is 0 Å². The Morgan fingerprint density at radius 1 is 1.03 bits per heavy atom. The maximum absolute atomic E-state index is 13.1. The summed E-state index contributed by atoms with van der Waals surface area (Å²) in [6.45, 7) is 2.81. The standard InChI is InChI=1S/C22H18N2O5/c1-11-15(22(28)29)5-7-17-18(11)19(21(27)24(17)12(2)25)20(26)14-4-6-16-13(10-14)8-9-23(16)3/h4-10,26H,1-3H3,(H,28,29). The molecule has 7 heteroatoms. The van der Waals surface area contributed by atoms with E-state index in [-0.39, 0.29) is 28.1 Å². The summed E-state index contributed by atoms with van der Waals surface area (Å²) in [5.74, 6) is -2.64. The molecule has 1 aromatic heterocycles. The summed E-state index contributed by atoms with van der Waals surface area (Å²) >= 11 is 0. The van der Waals surface area contributed by atoms with Gasteiger partial charge >= 0.3 is 5.97 Å². The van der Waals surface area contributed by atoms with Gasteiger partial charge in [-0.05, 0) is 48.9 Å². The Balaban J connectivity index is 2.01. The Kier molecular flexibility index (Phi) is 4.04. The second kappa shape index (κ2) is 6.34. The molecule has 3 aromatic rings. The van der Waals surface area contributed by atoms with Gasteiger partial charge in [-0.2, -0.15) is 0 Å². The normalized spacial score (nSPS) is 15.0. The maximum atomic E-state index is 13.1. The van der Waals surface area contributed by atoms with E-state index < -0.39 is 17.8 Å². The van der Waals surface area contributed by atoms with Gasteiger partial charge in [0.25, 0.3) is 5.91 Å². The van der Waals surface area contributed by atoms with Crippen molar-refractivity contribution in [2.45, 2.75) is 13.8 Å². The van der Waals surface area contributed by atoms with Gasteiger partial charge in [0.15, 0.2) is 0 Å². The average Bonchev–Trinajstić information content (AvgIpc) is 3.18. The van der Waals surface area contributed by atoms with Crippen LogP contribution in [0, 0.1) is 6.92 Å². The number of amides is 2. The second-order valence-corrected chi connectivity index (χ2v) is 7.02. The molecule has 0 bridgehead atoms. The SMILES string of the molecule is CC(=O)N1C(=O)C(=C(O)c2ccc3c(ccn3C)c2)c2c1ccc(C(=O)O)c2C. The Bertz CT molecular complexity index is 1270. The van der Waals surface area contributed by atoms with Gasteiger partial charge in [0, 0.05) is 42.2 Å². The number of aromatic nitrogens is 1. The number of aliphatic hydroxyl groups excluding tert-OH is 1. The first-order valence-corrected chi connectivity index (χ1v) is 8.93. The van der Waals surface area contributed by atoms with E-state index in [2.05, 4.69) is 0 Å². The molecule has 0 unspecified atom stereocenters. The number of aromatic carboxylic acids is 1. The number of carboxylic acid groups (broad SMARTS) is 1. The number of imide groups is 1. The number of benzene rings is 2. The number of aliphatic hydroxyl groups is 1. The van der Waals surface area contributed by atoms with Crippen LogP contribution < -0.4 is 4.90 Å². The number of carbonyl (C=O) groups is 3. The fourth-order valence-corrected chi connectivity index (χ4v) is 3.86. The lowest BCUT2D eigenvalue weighted by Gasteiger charge is -2.13. The summed E-state index contributed by atoms with van der Waals surface area (Å²) in [5.41, 5.74) is 2.14. The topological polar surface area (TPSA) is 99.8 Å². The summed E-state index contributed by atoms with van der Waals surface area (Å²) in [7, 11) is 1.90. The molecule has 1 aliphatic heterocycles. The van der Waals surface area contributed by atoms with Crippen molar-refractivity contribution >= 4 is 45.7 Å². The Morgan fingerprint density at radius 3 is 2.41 bits per heavy atom. The second-order valence-electron chi connectivity index (χ2n) is 7.02. The predicted molar refractivity (Wildman–Crippen MR) is 109 cm³/mol. The smallest absolute Gasteiger partial charge is 0.335 e. The molecule has 0 saturated carbocycles. The van der Waals surface area contributed by atoms with Crippen LogP contribution in [0.1, 0.15) is 34.0 Å². The van der Waals surface area contributed by atoms with Crippen LogP contribution in [0.5, 0.6) is 0 Å². The summed E-state index contributed by atoms with van der Waals surface area (Å²) in [6.07, 6.45) is 1.88. The number of anilines is 1. The highest BCUT2D eigenvalue weighted by molar-refractivity contribution is 6.43. The Morgan fingerprint density at radius 2 is 1.76 bits per heavy atom. The number of hydrogen-bond acceptors (Lipinski definition) is 4. The van der Waals surface area contributed by atoms with Crippen molar-refractivity contribution in [1.29, 1.82) is 0 Å². The number of rotatable bonds is 2. The molecular weight excluding hydrogens is 372 g/mol. The number of hydrogen-bond donors (Lipinski definition) is 2. The fraction of sp³-hybridized carbons (Fsp3) is 0.136. The summed E-state index contributed by atoms with van der Waals surface area (Å²) in [5, 5.41) is 21.4. The highest BCUT2D eigenvalue weighted by Crippen LogP contribution is 2.43. The zero-order chi connectivity index (χ0) is 21.0. The molecule has 2 aromatic carbocycles. The lowest BCUT2D eigenvalue weighted by molar-refractivity contribution is -0.122. The highest BCUT2D eigenvalue weighted by Gasteiger charge is 2.39. The minimum atomic E-state index is -1.15. The van der Waals surface area contributed by atoms with Crippen LogP contribution in [0.25, 0.3) is 22.2 Å². The lowest BCUT2D eigenvalue weighted by atomic mass is 9.94. The van der Waals surface area contributed by atoms with Crippen LogP contribution in [0.2, 0.25) is 0 Å². The molecular formula is C22H18N2O5. The molecule has 0 fully saturated rings. The van der Waals surface area contributed by atoms with Gasteiger partial charge in [0.2, 0.25) is 5.91 Å². The largest absolute Gasteiger partial charge is 0.506 e. The van der Waals surface area contributed by atoms with E-state index in [9.17, 15) is 24.6 Å². The number of carbonyl (C=O) groups excluding carboxylic acids is 2. The van der Waals surface area contributed by atoms with Crippen LogP contribution in [0.3, 0.4) is 0 Å².